The lowest BCUT2D eigenvalue weighted by atomic mass is 9.90. The number of sulfone groups is 1. The van der Waals surface area contributed by atoms with Gasteiger partial charge in [0.1, 0.15) is 0 Å². The molecule has 0 radical (unpaired) electrons. The molecule has 0 aliphatic carbocycles. The largest absolute Gasteiger partial charge is 0.348 e. The molecule has 0 spiro atoms. The van der Waals surface area contributed by atoms with Gasteiger partial charge in [0.05, 0.1) is 17.7 Å². The van der Waals surface area contributed by atoms with Crippen LogP contribution in [0.25, 0.3) is 0 Å². The highest BCUT2D eigenvalue weighted by molar-refractivity contribution is 7.94. The number of rotatable bonds is 2. The first-order valence-corrected chi connectivity index (χ1v) is 8.26. The van der Waals surface area contributed by atoms with Gasteiger partial charge in [-0.15, -0.1) is 0 Å². The Balaban J connectivity index is 1.75. The van der Waals surface area contributed by atoms with Crippen LogP contribution >= 0.6 is 0 Å². The van der Waals surface area contributed by atoms with E-state index in [1.54, 1.807) is 0 Å². The minimum Gasteiger partial charge on any atom is -0.348 e. The topological polar surface area (TPSA) is 75.3 Å². The summed E-state index contributed by atoms with van der Waals surface area (Å²) in [6.45, 7) is 1.34. The van der Waals surface area contributed by atoms with Crippen LogP contribution in [0, 0.1) is 0 Å². The van der Waals surface area contributed by atoms with Gasteiger partial charge in [0.25, 0.3) is 0 Å². The first-order chi connectivity index (χ1) is 9.55. The van der Waals surface area contributed by atoms with Crippen LogP contribution < -0.4 is 10.6 Å². The Morgan fingerprint density at radius 2 is 2.10 bits per heavy atom. The quantitative estimate of drug-likeness (QED) is 0.822. The van der Waals surface area contributed by atoms with Crippen molar-refractivity contribution in [3.05, 3.63) is 46.9 Å². The van der Waals surface area contributed by atoms with E-state index in [1.165, 1.54) is 11.5 Å². The second kappa shape index (κ2) is 5.03. The average Bonchev–Trinajstić information content (AvgIpc) is 2.77. The maximum absolute atomic E-state index is 12.3. The van der Waals surface area contributed by atoms with E-state index in [0.717, 1.165) is 17.7 Å². The monoisotopic (exact) mass is 292 g/mol. The van der Waals surface area contributed by atoms with E-state index in [0.29, 0.717) is 6.54 Å². The average molecular weight is 292 g/mol. The van der Waals surface area contributed by atoms with Gasteiger partial charge in [-0.25, -0.2) is 8.42 Å². The lowest BCUT2D eigenvalue weighted by Crippen LogP contribution is -2.43. The molecule has 2 aliphatic heterocycles. The molecule has 5 nitrogen and oxygen atoms in total. The van der Waals surface area contributed by atoms with Gasteiger partial charge in [-0.05, 0) is 17.2 Å². The van der Waals surface area contributed by atoms with Crippen molar-refractivity contribution < 1.29 is 13.2 Å². The summed E-state index contributed by atoms with van der Waals surface area (Å²) in [7, 11) is -3.14. The number of amides is 1. The molecule has 2 unspecified atom stereocenters. The highest BCUT2D eigenvalue weighted by Crippen LogP contribution is 2.24. The number of hydrogen-bond donors (Lipinski definition) is 2. The van der Waals surface area contributed by atoms with E-state index in [4.69, 9.17) is 0 Å². The SMILES string of the molecule is O=C(NC1C=CS(=O)(=O)C1)C1CNCc2ccccc21. The molecule has 3 rings (SSSR count). The molecule has 20 heavy (non-hydrogen) atoms. The van der Waals surface area contributed by atoms with Crippen molar-refractivity contribution in [2.24, 2.45) is 0 Å². The van der Waals surface area contributed by atoms with Crippen molar-refractivity contribution in [1.82, 2.24) is 10.6 Å². The molecule has 1 amide bonds. The van der Waals surface area contributed by atoms with Gasteiger partial charge < -0.3 is 10.6 Å². The first kappa shape index (κ1) is 13.3. The smallest absolute Gasteiger partial charge is 0.229 e. The zero-order valence-electron chi connectivity index (χ0n) is 10.9. The fraction of sp³-hybridized carbons (Fsp3) is 0.357. The second-order valence-corrected chi connectivity index (χ2v) is 7.09. The van der Waals surface area contributed by atoms with Gasteiger partial charge in [0.2, 0.25) is 5.91 Å². The van der Waals surface area contributed by atoms with Crippen molar-refractivity contribution >= 4 is 15.7 Å². The van der Waals surface area contributed by atoms with Crippen molar-refractivity contribution in [1.29, 1.82) is 0 Å². The van der Waals surface area contributed by atoms with Gasteiger partial charge >= 0.3 is 0 Å². The Morgan fingerprint density at radius 3 is 2.85 bits per heavy atom. The van der Waals surface area contributed by atoms with Crippen molar-refractivity contribution in [2.45, 2.75) is 18.5 Å². The minimum atomic E-state index is -3.14. The van der Waals surface area contributed by atoms with Gasteiger partial charge in [-0.1, -0.05) is 24.3 Å². The predicted molar refractivity (Wildman–Crippen MR) is 75.7 cm³/mol. The van der Waals surface area contributed by atoms with Crippen LogP contribution in [0.1, 0.15) is 17.0 Å². The van der Waals surface area contributed by atoms with Crippen LogP contribution in [0.5, 0.6) is 0 Å². The van der Waals surface area contributed by atoms with E-state index in [-0.39, 0.29) is 17.6 Å². The Hall–Kier alpha value is -1.66. The van der Waals surface area contributed by atoms with E-state index in [1.807, 2.05) is 24.3 Å². The summed E-state index contributed by atoms with van der Waals surface area (Å²) in [4.78, 5) is 12.3. The Labute approximate surface area is 118 Å². The Bertz CT molecular complexity index is 667. The van der Waals surface area contributed by atoms with Crippen molar-refractivity contribution in [2.75, 3.05) is 12.3 Å². The third-order valence-corrected chi connectivity index (χ3v) is 5.06. The molecule has 0 saturated heterocycles. The van der Waals surface area contributed by atoms with E-state index < -0.39 is 15.9 Å². The second-order valence-electron chi connectivity index (χ2n) is 5.16. The molecule has 0 aromatic heterocycles. The summed E-state index contributed by atoms with van der Waals surface area (Å²) in [6, 6.07) is 7.42. The number of carbonyl (C=O) groups excluding carboxylic acids is 1. The van der Waals surface area contributed by atoms with Gasteiger partial charge in [0.15, 0.2) is 9.84 Å². The van der Waals surface area contributed by atoms with Crippen LogP contribution in [-0.4, -0.2) is 32.7 Å². The van der Waals surface area contributed by atoms with Crippen molar-refractivity contribution in [3.63, 3.8) is 0 Å². The number of hydrogen-bond acceptors (Lipinski definition) is 4. The summed E-state index contributed by atoms with van der Waals surface area (Å²) in [5.74, 6) is -0.436. The summed E-state index contributed by atoms with van der Waals surface area (Å²) in [5.41, 5.74) is 2.14. The zero-order valence-corrected chi connectivity index (χ0v) is 11.7. The standard InChI is InChI=1S/C14H16N2O3S/c17-14(16-11-5-6-20(18,19)9-11)13-8-15-7-10-3-1-2-4-12(10)13/h1-6,11,13,15H,7-9H2,(H,16,17). The zero-order chi connectivity index (χ0) is 14.2. The highest BCUT2D eigenvalue weighted by Gasteiger charge is 2.29. The molecule has 0 fully saturated rings. The summed E-state index contributed by atoms with van der Waals surface area (Å²) in [5, 5.41) is 7.19. The maximum atomic E-state index is 12.3. The lowest BCUT2D eigenvalue weighted by Gasteiger charge is -2.26. The van der Waals surface area contributed by atoms with Gasteiger partial charge in [-0.2, -0.15) is 0 Å². The molecule has 106 valence electrons. The number of fused-ring (bicyclic) bond motifs is 1. The molecule has 1 aromatic rings. The van der Waals surface area contributed by atoms with Crippen LogP contribution in [0.3, 0.4) is 0 Å². The molecule has 0 saturated carbocycles. The van der Waals surface area contributed by atoms with Crippen molar-refractivity contribution in [3.8, 4) is 0 Å². The van der Waals surface area contributed by atoms with Crippen LogP contribution in [-0.2, 0) is 21.2 Å². The molecule has 1 aromatic carbocycles. The summed E-state index contributed by atoms with van der Waals surface area (Å²) < 4.78 is 22.7. The fourth-order valence-corrected chi connectivity index (χ4v) is 3.91. The number of benzene rings is 1. The minimum absolute atomic E-state index is 0.0411. The first-order valence-electron chi connectivity index (χ1n) is 6.55. The van der Waals surface area contributed by atoms with E-state index in [2.05, 4.69) is 10.6 Å². The molecule has 2 heterocycles. The third kappa shape index (κ3) is 2.62. The van der Waals surface area contributed by atoms with E-state index >= 15 is 0 Å². The number of carbonyl (C=O) groups is 1. The van der Waals surface area contributed by atoms with Crippen LogP contribution in [0.4, 0.5) is 0 Å². The highest BCUT2D eigenvalue weighted by atomic mass is 32.2. The summed E-state index contributed by atoms with van der Waals surface area (Å²) in [6.07, 6.45) is 1.54. The van der Waals surface area contributed by atoms with Gasteiger partial charge in [-0.3, -0.25) is 4.79 Å². The maximum Gasteiger partial charge on any atom is 0.229 e. The predicted octanol–water partition coefficient (Wildman–Crippen LogP) is 0.300. The molecule has 0 bridgehead atoms. The molecular formula is C14H16N2O3S. The molecule has 2 atom stereocenters. The molecule has 2 N–H and O–H groups in total. The van der Waals surface area contributed by atoms with Gasteiger partial charge in [0, 0.05) is 18.5 Å². The normalized spacial score (nSPS) is 27.0. The summed E-state index contributed by atoms with van der Waals surface area (Å²) >= 11 is 0. The lowest BCUT2D eigenvalue weighted by molar-refractivity contribution is -0.122. The third-order valence-electron chi connectivity index (χ3n) is 3.67. The van der Waals surface area contributed by atoms with Crippen LogP contribution in [0.15, 0.2) is 35.7 Å². The van der Waals surface area contributed by atoms with E-state index in [9.17, 15) is 13.2 Å². The molecule has 6 heteroatoms. The fourth-order valence-electron chi connectivity index (χ4n) is 2.68. The Morgan fingerprint density at radius 1 is 1.30 bits per heavy atom. The Kier molecular flexibility index (Phi) is 3.35. The number of nitrogens with one attached hydrogen (secondary N) is 2. The molecular weight excluding hydrogens is 276 g/mol. The molecule has 2 aliphatic rings. The van der Waals surface area contributed by atoms with Crippen LogP contribution in [0.2, 0.25) is 0 Å².